The van der Waals surface area contributed by atoms with Crippen LogP contribution in [-0.4, -0.2) is 101 Å². The SMILES string of the molecule is OC[C@H]1O[C@@H](OCCCCc2cn(CCCc3ccc(O)c(/C=N\O)n3)nn2)[C@H](O)[C@@H](O)[C@@H]1O. The monoisotopic (exact) mass is 481 g/mol. The molecule has 3 rings (SSSR count). The Morgan fingerprint density at radius 1 is 1.06 bits per heavy atom. The lowest BCUT2D eigenvalue weighted by atomic mass is 9.99. The van der Waals surface area contributed by atoms with Gasteiger partial charge >= 0.3 is 0 Å². The lowest BCUT2D eigenvalue weighted by Crippen LogP contribution is -2.59. The average molecular weight is 482 g/mol. The van der Waals surface area contributed by atoms with Gasteiger partial charge < -0.3 is 40.2 Å². The van der Waals surface area contributed by atoms with Crippen LogP contribution < -0.4 is 0 Å². The molecule has 34 heavy (non-hydrogen) atoms. The molecule has 6 N–H and O–H groups in total. The highest BCUT2D eigenvalue weighted by molar-refractivity contribution is 5.80. The van der Waals surface area contributed by atoms with E-state index in [1.54, 1.807) is 10.7 Å². The van der Waals surface area contributed by atoms with Crippen LogP contribution in [-0.2, 0) is 28.9 Å². The molecule has 1 aliphatic heterocycles. The molecule has 5 atom stereocenters. The Kier molecular flexibility index (Phi) is 9.68. The van der Waals surface area contributed by atoms with Crippen molar-refractivity contribution in [3.05, 3.63) is 35.4 Å². The highest BCUT2D eigenvalue weighted by atomic mass is 16.7. The van der Waals surface area contributed by atoms with Crippen LogP contribution in [0.2, 0.25) is 0 Å². The molecule has 0 unspecified atom stereocenters. The molecule has 13 nitrogen and oxygen atoms in total. The summed E-state index contributed by atoms with van der Waals surface area (Å²) in [5, 5.41) is 68.1. The predicted octanol–water partition coefficient (Wildman–Crippen LogP) is -1.04. The lowest BCUT2D eigenvalue weighted by molar-refractivity contribution is -0.301. The Labute approximate surface area is 195 Å². The van der Waals surface area contributed by atoms with Gasteiger partial charge in [0.25, 0.3) is 0 Å². The number of rotatable bonds is 12. The summed E-state index contributed by atoms with van der Waals surface area (Å²) < 4.78 is 12.5. The topological polar surface area (TPSA) is 196 Å². The van der Waals surface area contributed by atoms with E-state index in [9.17, 15) is 25.5 Å². The maximum Gasteiger partial charge on any atom is 0.186 e. The maximum absolute atomic E-state index is 9.96. The Bertz CT molecular complexity index is 924. The number of aromatic nitrogens is 4. The van der Waals surface area contributed by atoms with Gasteiger partial charge in [0, 0.05) is 25.0 Å². The number of aromatic hydroxyl groups is 1. The standard InChI is InChI=1S/C21H31N5O8/c27-12-17-18(29)19(30)20(31)21(34-17)33-9-2-1-4-14-11-26(25-24-14)8-3-5-13-6-7-16(28)15(23-13)10-22-32/h6-7,10-11,17-21,27-32H,1-5,8-9,12H2/b22-10-/t17-,18-,19+,20-,21-/m1/s1. The van der Waals surface area contributed by atoms with Crippen LogP contribution in [0, 0.1) is 0 Å². The van der Waals surface area contributed by atoms with Crippen LogP contribution in [0.4, 0.5) is 0 Å². The first-order valence-electron chi connectivity index (χ1n) is 11.1. The van der Waals surface area contributed by atoms with Gasteiger partial charge in [-0.2, -0.15) is 0 Å². The molecule has 0 spiro atoms. The minimum Gasteiger partial charge on any atom is -0.506 e. The van der Waals surface area contributed by atoms with E-state index in [4.69, 9.17) is 14.7 Å². The number of unbranched alkanes of at least 4 members (excludes halogenated alkanes) is 1. The molecule has 0 radical (unpaired) electrons. The predicted molar refractivity (Wildman–Crippen MR) is 116 cm³/mol. The van der Waals surface area contributed by atoms with E-state index in [1.165, 1.54) is 6.07 Å². The number of aliphatic hydroxyl groups is 4. The number of aryl methyl sites for hydroxylation is 3. The quantitative estimate of drug-likeness (QED) is 0.0937. The second-order valence-electron chi connectivity index (χ2n) is 8.05. The first kappa shape index (κ1) is 25.9. The van der Waals surface area contributed by atoms with Crippen molar-refractivity contribution in [2.45, 2.75) is 69.4 Å². The van der Waals surface area contributed by atoms with Crippen LogP contribution in [0.25, 0.3) is 0 Å². The fourth-order valence-corrected chi connectivity index (χ4v) is 3.60. The summed E-state index contributed by atoms with van der Waals surface area (Å²) in [6.07, 6.45) is 0.0720. The Hall–Kier alpha value is -2.68. The number of oxime groups is 1. The number of pyridine rings is 1. The van der Waals surface area contributed by atoms with E-state index >= 15 is 0 Å². The summed E-state index contributed by atoms with van der Waals surface area (Å²) in [6, 6.07) is 3.22. The maximum atomic E-state index is 9.96. The molecule has 0 aliphatic carbocycles. The van der Waals surface area contributed by atoms with Crippen LogP contribution >= 0.6 is 0 Å². The van der Waals surface area contributed by atoms with E-state index < -0.39 is 37.3 Å². The normalized spacial score (nSPS) is 25.2. The van der Waals surface area contributed by atoms with E-state index in [0.29, 0.717) is 25.8 Å². The van der Waals surface area contributed by atoms with Crippen molar-refractivity contribution in [2.24, 2.45) is 5.16 Å². The van der Waals surface area contributed by atoms with Gasteiger partial charge in [-0.1, -0.05) is 10.4 Å². The molecule has 0 saturated carbocycles. The summed E-state index contributed by atoms with van der Waals surface area (Å²) in [5.74, 6) is -0.0546. The number of hydrogen-bond acceptors (Lipinski definition) is 12. The minimum absolute atomic E-state index is 0.0546. The van der Waals surface area contributed by atoms with Crippen LogP contribution in [0.1, 0.15) is 36.3 Å². The summed E-state index contributed by atoms with van der Waals surface area (Å²) in [6.45, 7) is 0.407. The molecule has 2 aromatic heterocycles. The molecule has 1 aliphatic rings. The van der Waals surface area contributed by atoms with Crippen molar-refractivity contribution < 1.29 is 40.2 Å². The smallest absolute Gasteiger partial charge is 0.186 e. The summed E-state index contributed by atoms with van der Waals surface area (Å²) in [5.41, 5.74) is 1.79. The van der Waals surface area contributed by atoms with E-state index in [0.717, 1.165) is 30.4 Å². The van der Waals surface area contributed by atoms with Crippen LogP contribution in [0.5, 0.6) is 5.75 Å². The highest BCUT2D eigenvalue weighted by Crippen LogP contribution is 2.22. The van der Waals surface area contributed by atoms with Crippen molar-refractivity contribution in [2.75, 3.05) is 13.2 Å². The van der Waals surface area contributed by atoms with Crippen molar-refractivity contribution in [1.82, 2.24) is 20.0 Å². The third-order valence-electron chi connectivity index (χ3n) is 5.50. The first-order chi connectivity index (χ1) is 16.4. The van der Waals surface area contributed by atoms with Gasteiger partial charge in [0.2, 0.25) is 0 Å². The molecule has 2 aromatic rings. The van der Waals surface area contributed by atoms with Crippen molar-refractivity contribution in [3.8, 4) is 5.75 Å². The molecule has 0 aromatic carbocycles. The van der Waals surface area contributed by atoms with E-state index in [2.05, 4.69) is 20.5 Å². The van der Waals surface area contributed by atoms with Gasteiger partial charge in [0.05, 0.1) is 18.5 Å². The second-order valence-corrected chi connectivity index (χ2v) is 8.05. The van der Waals surface area contributed by atoms with Crippen LogP contribution in [0.15, 0.2) is 23.5 Å². The zero-order valence-corrected chi connectivity index (χ0v) is 18.6. The zero-order chi connectivity index (χ0) is 24.5. The Morgan fingerprint density at radius 2 is 1.85 bits per heavy atom. The Morgan fingerprint density at radius 3 is 2.62 bits per heavy atom. The molecular formula is C21H31N5O8. The molecule has 3 heterocycles. The number of nitrogens with zero attached hydrogens (tertiary/aromatic N) is 5. The molecule has 0 amide bonds. The molecule has 13 heteroatoms. The fraction of sp³-hybridized carbons (Fsp3) is 0.619. The average Bonchev–Trinajstić information content (AvgIpc) is 3.28. The fourth-order valence-electron chi connectivity index (χ4n) is 3.60. The van der Waals surface area contributed by atoms with Crippen molar-refractivity contribution in [3.63, 3.8) is 0 Å². The molecule has 188 valence electrons. The third-order valence-corrected chi connectivity index (χ3v) is 5.50. The second kappa shape index (κ2) is 12.7. The van der Waals surface area contributed by atoms with E-state index in [-0.39, 0.29) is 18.1 Å². The zero-order valence-electron chi connectivity index (χ0n) is 18.6. The minimum atomic E-state index is -1.45. The van der Waals surface area contributed by atoms with Crippen molar-refractivity contribution >= 4 is 6.21 Å². The summed E-state index contributed by atoms with van der Waals surface area (Å²) >= 11 is 0. The van der Waals surface area contributed by atoms with Crippen molar-refractivity contribution in [1.29, 1.82) is 0 Å². The molecular weight excluding hydrogens is 450 g/mol. The van der Waals surface area contributed by atoms with E-state index in [1.807, 2.05) is 6.20 Å². The van der Waals surface area contributed by atoms with Gasteiger partial charge in [0.1, 0.15) is 35.9 Å². The highest BCUT2D eigenvalue weighted by Gasteiger charge is 2.43. The number of hydrogen-bond donors (Lipinski definition) is 6. The number of aliphatic hydroxyl groups excluding tert-OH is 4. The van der Waals surface area contributed by atoms with Gasteiger partial charge in [-0.3, -0.25) is 4.68 Å². The molecule has 0 bridgehead atoms. The molecule has 1 fully saturated rings. The molecule has 1 saturated heterocycles. The summed E-state index contributed by atoms with van der Waals surface area (Å²) in [4.78, 5) is 4.23. The largest absolute Gasteiger partial charge is 0.506 e. The van der Waals surface area contributed by atoms with Gasteiger partial charge in [-0.05, 0) is 44.2 Å². The van der Waals surface area contributed by atoms with Gasteiger partial charge in [0.15, 0.2) is 6.29 Å². The lowest BCUT2D eigenvalue weighted by Gasteiger charge is -2.39. The first-order valence-corrected chi connectivity index (χ1v) is 11.1. The Balaban J connectivity index is 1.34. The third kappa shape index (κ3) is 6.91. The summed E-state index contributed by atoms with van der Waals surface area (Å²) in [7, 11) is 0. The number of ether oxygens (including phenoxy) is 2. The van der Waals surface area contributed by atoms with Gasteiger partial charge in [-0.25, -0.2) is 4.98 Å². The van der Waals surface area contributed by atoms with Gasteiger partial charge in [-0.15, -0.1) is 5.10 Å². The van der Waals surface area contributed by atoms with Crippen LogP contribution in [0.3, 0.4) is 0 Å².